The second-order valence-electron chi connectivity index (χ2n) is 7.06. The summed E-state index contributed by atoms with van der Waals surface area (Å²) in [6.07, 6.45) is 3.46. The fourth-order valence-electron chi connectivity index (χ4n) is 3.20. The Morgan fingerprint density at radius 2 is 2.00 bits per heavy atom. The molecule has 1 aliphatic heterocycles. The van der Waals surface area contributed by atoms with Crippen molar-refractivity contribution in [2.75, 3.05) is 27.4 Å². The summed E-state index contributed by atoms with van der Waals surface area (Å²) in [5, 5.41) is 12.2. The van der Waals surface area contributed by atoms with E-state index >= 15 is 0 Å². The molecule has 1 fully saturated rings. The zero-order valence-electron chi connectivity index (χ0n) is 17.7. The molecule has 0 aliphatic carbocycles. The summed E-state index contributed by atoms with van der Waals surface area (Å²) in [6, 6.07) is 14.8. The summed E-state index contributed by atoms with van der Waals surface area (Å²) >= 11 is 0. The molecule has 0 bridgehead atoms. The largest absolute Gasteiger partial charge is 0.497 e. The molecule has 7 nitrogen and oxygen atoms in total. The number of nitrogens with zero attached hydrogens (tertiary/aromatic N) is 1. The molecule has 1 aliphatic rings. The highest BCUT2D eigenvalue weighted by Gasteiger charge is 2.17. The third kappa shape index (κ3) is 6.24. The average Bonchev–Trinajstić information content (AvgIpc) is 3.34. The molecule has 2 aromatic carbocycles. The Morgan fingerprint density at radius 3 is 2.65 bits per heavy atom. The zero-order valence-corrected chi connectivity index (χ0v) is 17.7. The van der Waals surface area contributed by atoms with E-state index in [9.17, 15) is 10.1 Å². The minimum atomic E-state index is -0.420. The van der Waals surface area contributed by atoms with E-state index in [1.54, 1.807) is 32.4 Å². The quantitative estimate of drug-likeness (QED) is 0.492. The van der Waals surface area contributed by atoms with Gasteiger partial charge in [0.05, 0.1) is 20.3 Å². The van der Waals surface area contributed by atoms with Crippen molar-refractivity contribution < 1.29 is 23.7 Å². The number of nitriles is 1. The number of amides is 1. The SMILES string of the molecule is COc1ccc(COc2ccc(/C=C(\C#N)C(=O)NC[C@@H]3CCCO3)cc2OC)cc1. The Balaban J connectivity index is 1.65. The summed E-state index contributed by atoms with van der Waals surface area (Å²) in [5.41, 5.74) is 1.67. The van der Waals surface area contributed by atoms with Crippen molar-refractivity contribution in [2.45, 2.75) is 25.6 Å². The van der Waals surface area contributed by atoms with E-state index in [0.717, 1.165) is 24.2 Å². The Morgan fingerprint density at radius 1 is 1.19 bits per heavy atom. The van der Waals surface area contributed by atoms with Crippen LogP contribution in [0.2, 0.25) is 0 Å². The highest BCUT2D eigenvalue weighted by molar-refractivity contribution is 6.01. The van der Waals surface area contributed by atoms with Gasteiger partial charge in [-0.15, -0.1) is 0 Å². The molecule has 0 spiro atoms. The highest BCUT2D eigenvalue weighted by Crippen LogP contribution is 2.30. The van der Waals surface area contributed by atoms with Gasteiger partial charge in [-0.05, 0) is 54.3 Å². The van der Waals surface area contributed by atoms with Crippen LogP contribution in [0.5, 0.6) is 17.2 Å². The first-order chi connectivity index (χ1) is 15.1. The fraction of sp³-hybridized carbons (Fsp3) is 0.333. The highest BCUT2D eigenvalue weighted by atomic mass is 16.5. The van der Waals surface area contributed by atoms with E-state index in [2.05, 4.69) is 5.32 Å². The number of nitrogens with one attached hydrogen (secondary N) is 1. The lowest BCUT2D eigenvalue weighted by Gasteiger charge is -2.12. The van der Waals surface area contributed by atoms with Crippen molar-refractivity contribution in [2.24, 2.45) is 0 Å². The van der Waals surface area contributed by atoms with Crippen LogP contribution < -0.4 is 19.5 Å². The van der Waals surface area contributed by atoms with Crippen LogP contribution >= 0.6 is 0 Å². The number of methoxy groups -OCH3 is 2. The molecule has 0 aromatic heterocycles. The lowest BCUT2D eigenvalue weighted by atomic mass is 10.1. The minimum absolute atomic E-state index is 0.0196. The number of carbonyl (C=O) groups is 1. The molecule has 1 heterocycles. The van der Waals surface area contributed by atoms with Crippen LogP contribution in [0.1, 0.15) is 24.0 Å². The van der Waals surface area contributed by atoms with Crippen LogP contribution in [-0.4, -0.2) is 39.4 Å². The summed E-state index contributed by atoms with van der Waals surface area (Å²) in [6.45, 7) is 1.48. The van der Waals surface area contributed by atoms with Crippen molar-refractivity contribution in [3.63, 3.8) is 0 Å². The van der Waals surface area contributed by atoms with Crippen LogP contribution in [0.3, 0.4) is 0 Å². The number of rotatable bonds is 9. The van der Waals surface area contributed by atoms with E-state index in [4.69, 9.17) is 18.9 Å². The number of carbonyl (C=O) groups excluding carboxylic acids is 1. The predicted octanol–water partition coefficient (Wildman–Crippen LogP) is 3.48. The molecule has 31 heavy (non-hydrogen) atoms. The topological polar surface area (TPSA) is 89.8 Å². The smallest absolute Gasteiger partial charge is 0.262 e. The molecule has 3 rings (SSSR count). The summed E-state index contributed by atoms with van der Waals surface area (Å²) in [7, 11) is 3.17. The van der Waals surface area contributed by atoms with Crippen LogP contribution in [0.25, 0.3) is 6.08 Å². The van der Waals surface area contributed by atoms with Crippen LogP contribution in [0.4, 0.5) is 0 Å². The predicted molar refractivity (Wildman–Crippen MR) is 116 cm³/mol. The van der Waals surface area contributed by atoms with E-state index in [1.165, 1.54) is 6.08 Å². The van der Waals surface area contributed by atoms with E-state index in [-0.39, 0.29) is 11.7 Å². The second kappa shape index (κ2) is 11.0. The number of hydrogen-bond acceptors (Lipinski definition) is 6. The lowest BCUT2D eigenvalue weighted by Crippen LogP contribution is -2.32. The summed E-state index contributed by atoms with van der Waals surface area (Å²) < 4.78 is 21.9. The lowest BCUT2D eigenvalue weighted by molar-refractivity contribution is -0.117. The first-order valence-electron chi connectivity index (χ1n) is 10.1. The molecule has 162 valence electrons. The van der Waals surface area contributed by atoms with E-state index < -0.39 is 5.91 Å². The normalized spacial score (nSPS) is 15.8. The first kappa shape index (κ1) is 22.2. The molecule has 0 radical (unpaired) electrons. The van der Waals surface area contributed by atoms with Crippen molar-refractivity contribution >= 4 is 12.0 Å². The van der Waals surface area contributed by atoms with Gasteiger partial charge < -0.3 is 24.3 Å². The number of hydrogen-bond donors (Lipinski definition) is 1. The molecule has 2 aromatic rings. The minimum Gasteiger partial charge on any atom is -0.497 e. The van der Waals surface area contributed by atoms with Gasteiger partial charge in [0.15, 0.2) is 11.5 Å². The monoisotopic (exact) mass is 422 g/mol. The van der Waals surface area contributed by atoms with E-state index in [1.807, 2.05) is 30.3 Å². The van der Waals surface area contributed by atoms with Crippen LogP contribution in [0, 0.1) is 11.3 Å². The maximum Gasteiger partial charge on any atom is 0.262 e. The van der Waals surface area contributed by atoms with Gasteiger partial charge in [0.25, 0.3) is 5.91 Å². The zero-order chi connectivity index (χ0) is 22.1. The Hall–Kier alpha value is -3.50. The molecule has 1 atom stereocenters. The summed E-state index contributed by atoms with van der Waals surface area (Å²) in [4.78, 5) is 12.3. The van der Waals surface area contributed by atoms with Crippen molar-refractivity contribution in [3.05, 3.63) is 59.2 Å². The number of ether oxygens (including phenoxy) is 4. The van der Waals surface area contributed by atoms with Gasteiger partial charge in [-0.3, -0.25) is 4.79 Å². The Bertz CT molecular complexity index is 957. The average molecular weight is 422 g/mol. The van der Waals surface area contributed by atoms with Gasteiger partial charge in [-0.2, -0.15) is 5.26 Å². The Kier molecular flexibility index (Phi) is 7.91. The third-order valence-electron chi connectivity index (χ3n) is 4.93. The molecule has 1 N–H and O–H groups in total. The first-order valence-corrected chi connectivity index (χ1v) is 10.1. The van der Waals surface area contributed by atoms with E-state index in [0.29, 0.717) is 36.8 Å². The molecule has 0 saturated carbocycles. The van der Waals surface area contributed by atoms with Gasteiger partial charge in [-0.25, -0.2) is 0 Å². The summed E-state index contributed by atoms with van der Waals surface area (Å²) in [5.74, 6) is 1.44. The molecule has 1 saturated heterocycles. The third-order valence-corrected chi connectivity index (χ3v) is 4.93. The fourth-order valence-corrected chi connectivity index (χ4v) is 3.20. The van der Waals surface area contributed by atoms with Gasteiger partial charge in [0.2, 0.25) is 0 Å². The van der Waals surface area contributed by atoms with Crippen molar-refractivity contribution in [1.82, 2.24) is 5.32 Å². The van der Waals surface area contributed by atoms with Gasteiger partial charge in [0, 0.05) is 13.2 Å². The maximum absolute atomic E-state index is 12.3. The van der Waals surface area contributed by atoms with Gasteiger partial charge in [0.1, 0.15) is 24.0 Å². The standard InChI is InChI=1S/C24H26N2O5/c1-28-20-8-5-17(6-9-20)16-31-22-10-7-18(13-23(22)29-2)12-19(14-25)24(27)26-15-21-4-3-11-30-21/h5-10,12-13,21H,3-4,11,15-16H2,1-2H3,(H,26,27)/b19-12+/t21-/m0/s1. The van der Waals surface area contributed by atoms with Crippen LogP contribution in [-0.2, 0) is 16.1 Å². The maximum atomic E-state index is 12.3. The molecular weight excluding hydrogens is 396 g/mol. The van der Waals surface area contributed by atoms with Crippen molar-refractivity contribution in [3.8, 4) is 23.3 Å². The molecule has 7 heteroatoms. The van der Waals surface area contributed by atoms with Crippen molar-refractivity contribution in [1.29, 1.82) is 5.26 Å². The molecule has 0 unspecified atom stereocenters. The Labute approximate surface area is 182 Å². The second-order valence-corrected chi connectivity index (χ2v) is 7.06. The van der Waals surface area contributed by atoms with Gasteiger partial charge >= 0.3 is 0 Å². The molecular formula is C24H26N2O5. The number of benzene rings is 2. The van der Waals surface area contributed by atoms with Crippen LogP contribution in [0.15, 0.2) is 48.0 Å². The molecule has 1 amide bonds. The van der Waals surface area contributed by atoms with Gasteiger partial charge in [-0.1, -0.05) is 18.2 Å².